The van der Waals surface area contributed by atoms with Gasteiger partial charge in [-0.3, -0.25) is 4.98 Å². The second-order valence-corrected chi connectivity index (χ2v) is 4.87. The van der Waals surface area contributed by atoms with Crippen molar-refractivity contribution in [1.29, 1.82) is 0 Å². The van der Waals surface area contributed by atoms with Crippen LogP contribution in [0.3, 0.4) is 0 Å². The molecule has 0 bridgehead atoms. The zero-order valence-electron chi connectivity index (χ0n) is 10.4. The lowest BCUT2D eigenvalue weighted by Gasteiger charge is -2.36. The van der Waals surface area contributed by atoms with Crippen molar-refractivity contribution in [3.8, 4) is 0 Å². The van der Waals surface area contributed by atoms with Gasteiger partial charge in [-0.2, -0.15) is 0 Å². The van der Waals surface area contributed by atoms with Crippen LogP contribution in [0.15, 0.2) is 18.5 Å². The molecule has 0 saturated carbocycles. The number of hydrogen-bond donors (Lipinski definition) is 1. The van der Waals surface area contributed by atoms with Crippen molar-refractivity contribution >= 4 is 11.4 Å². The van der Waals surface area contributed by atoms with Gasteiger partial charge in [-0.1, -0.05) is 13.8 Å². The minimum Gasteiger partial charge on any atom is -0.387 e. The van der Waals surface area contributed by atoms with Gasteiger partial charge in [-0.25, -0.2) is 0 Å². The maximum atomic E-state index is 4.27. The largest absolute Gasteiger partial charge is 0.387 e. The van der Waals surface area contributed by atoms with Crippen LogP contribution >= 0.6 is 0 Å². The Kier molecular flexibility index (Phi) is 3.32. The molecule has 0 aromatic carbocycles. The van der Waals surface area contributed by atoms with Crippen LogP contribution in [-0.4, -0.2) is 25.1 Å². The molecule has 0 spiro atoms. The lowest BCUT2D eigenvalue weighted by molar-refractivity contribution is 0.324. The van der Waals surface area contributed by atoms with Crippen molar-refractivity contribution in [3.63, 3.8) is 0 Å². The van der Waals surface area contributed by atoms with Gasteiger partial charge in [-0.05, 0) is 24.3 Å². The molecular formula is C13H21N3. The van der Waals surface area contributed by atoms with Crippen LogP contribution in [0.4, 0.5) is 11.4 Å². The second-order valence-electron chi connectivity index (χ2n) is 4.87. The first-order valence-electron chi connectivity index (χ1n) is 6.08. The zero-order chi connectivity index (χ0) is 11.5. The number of hydrogen-bond acceptors (Lipinski definition) is 3. The average Bonchev–Trinajstić information content (AvgIpc) is 2.33. The summed E-state index contributed by atoms with van der Waals surface area (Å²) < 4.78 is 0. The average molecular weight is 219 g/mol. The van der Waals surface area contributed by atoms with Crippen LogP contribution in [-0.2, 0) is 0 Å². The standard InChI is InChI=1S/C13H21N3/c1-10-4-5-16(9-11(10)2)13-6-12(14-3)7-15-8-13/h6-8,10-11,14H,4-5,9H2,1-3H3. The summed E-state index contributed by atoms with van der Waals surface area (Å²) in [4.78, 5) is 6.71. The first-order chi connectivity index (χ1) is 7.70. The summed E-state index contributed by atoms with van der Waals surface area (Å²) in [7, 11) is 1.93. The number of nitrogens with one attached hydrogen (secondary N) is 1. The van der Waals surface area contributed by atoms with E-state index in [1.54, 1.807) is 0 Å². The van der Waals surface area contributed by atoms with Crippen LogP contribution in [0.5, 0.6) is 0 Å². The van der Waals surface area contributed by atoms with E-state index < -0.39 is 0 Å². The number of nitrogens with zero attached hydrogens (tertiary/aromatic N) is 2. The van der Waals surface area contributed by atoms with Gasteiger partial charge < -0.3 is 10.2 Å². The van der Waals surface area contributed by atoms with Gasteiger partial charge in [0.1, 0.15) is 0 Å². The number of piperidine rings is 1. The predicted molar refractivity (Wildman–Crippen MR) is 68.9 cm³/mol. The second kappa shape index (κ2) is 4.73. The van der Waals surface area contributed by atoms with Crippen molar-refractivity contribution in [2.45, 2.75) is 20.3 Å². The molecule has 0 amide bonds. The molecule has 16 heavy (non-hydrogen) atoms. The van der Waals surface area contributed by atoms with E-state index >= 15 is 0 Å². The maximum absolute atomic E-state index is 4.27. The van der Waals surface area contributed by atoms with Gasteiger partial charge in [0.05, 0.1) is 23.8 Å². The van der Waals surface area contributed by atoms with E-state index in [1.165, 1.54) is 12.1 Å². The minimum absolute atomic E-state index is 0.770. The molecule has 1 aromatic heterocycles. The van der Waals surface area contributed by atoms with E-state index in [-0.39, 0.29) is 0 Å². The maximum Gasteiger partial charge on any atom is 0.0573 e. The molecular weight excluding hydrogens is 198 g/mol. The third-order valence-electron chi connectivity index (χ3n) is 3.71. The number of aromatic nitrogens is 1. The van der Waals surface area contributed by atoms with E-state index in [0.717, 1.165) is 30.6 Å². The summed E-state index contributed by atoms with van der Waals surface area (Å²) in [6.45, 7) is 6.99. The molecule has 3 nitrogen and oxygen atoms in total. The number of pyridine rings is 1. The highest BCUT2D eigenvalue weighted by atomic mass is 15.1. The molecule has 1 saturated heterocycles. The van der Waals surface area contributed by atoms with Crippen molar-refractivity contribution in [2.75, 3.05) is 30.4 Å². The minimum atomic E-state index is 0.770. The third-order valence-corrected chi connectivity index (χ3v) is 3.71. The summed E-state index contributed by atoms with van der Waals surface area (Å²) >= 11 is 0. The zero-order valence-corrected chi connectivity index (χ0v) is 10.4. The molecule has 0 radical (unpaired) electrons. The fraction of sp³-hybridized carbons (Fsp3) is 0.615. The molecule has 88 valence electrons. The first-order valence-corrected chi connectivity index (χ1v) is 6.08. The third kappa shape index (κ3) is 2.29. The summed E-state index contributed by atoms with van der Waals surface area (Å²) in [5.74, 6) is 1.61. The Hall–Kier alpha value is -1.25. The van der Waals surface area contributed by atoms with Crippen LogP contribution in [0.25, 0.3) is 0 Å². The highest BCUT2D eigenvalue weighted by molar-refractivity contribution is 5.55. The Morgan fingerprint density at radius 1 is 1.31 bits per heavy atom. The SMILES string of the molecule is CNc1cncc(N2CCC(C)C(C)C2)c1. The summed E-state index contributed by atoms with van der Waals surface area (Å²) in [6, 6.07) is 2.18. The molecule has 0 aliphatic carbocycles. The van der Waals surface area contributed by atoms with Crippen LogP contribution < -0.4 is 10.2 Å². The van der Waals surface area contributed by atoms with Crippen molar-refractivity contribution in [1.82, 2.24) is 4.98 Å². The Labute approximate surface area is 97.9 Å². The number of rotatable bonds is 2. The van der Waals surface area contributed by atoms with Crippen LogP contribution in [0.2, 0.25) is 0 Å². The van der Waals surface area contributed by atoms with E-state index in [2.05, 4.69) is 35.1 Å². The topological polar surface area (TPSA) is 28.2 Å². The lowest BCUT2D eigenvalue weighted by atomic mass is 9.88. The fourth-order valence-corrected chi connectivity index (χ4v) is 2.23. The van der Waals surface area contributed by atoms with Crippen molar-refractivity contribution in [2.24, 2.45) is 11.8 Å². The monoisotopic (exact) mass is 219 g/mol. The lowest BCUT2D eigenvalue weighted by Crippen LogP contribution is -2.38. The smallest absolute Gasteiger partial charge is 0.0573 e. The molecule has 1 aliphatic rings. The van der Waals surface area contributed by atoms with Gasteiger partial charge in [0.15, 0.2) is 0 Å². The van der Waals surface area contributed by atoms with E-state index in [0.29, 0.717) is 0 Å². The fourth-order valence-electron chi connectivity index (χ4n) is 2.23. The molecule has 2 rings (SSSR count). The Bertz CT molecular complexity index is 351. The molecule has 2 heterocycles. The van der Waals surface area contributed by atoms with Gasteiger partial charge in [0.2, 0.25) is 0 Å². The van der Waals surface area contributed by atoms with Crippen molar-refractivity contribution in [3.05, 3.63) is 18.5 Å². The normalized spacial score (nSPS) is 25.6. The van der Waals surface area contributed by atoms with Crippen LogP contribution in [0.1, 0.15) is 20.3 Å². The van der Waals surface area contributed by atoms with Gasteiger partial charge in [0.25, 0.3) is 0 Å². The van der Waals surface area contributed by atoms with Crippen molar-refractivity contribution < 1.29 is 0 Å². The van der Waals surface area contributed by atoms with Gasteiger partial charge >= 0.3 is 0 Å². The molecule has 2 unspecified atom stereocenters. The molecule has 1 N–H and O–H groups in total. The molecule has 1 aromatic rings. The Morgan fingerprint density at radius 2 is 2.12 bits per heavy atom. The highest BCUT2D eigenvalue weighted by Gasteiger charge is 2.22. The predicted octanol–water partition coefficient (Wildman–Crippen LogP) is 2.61. The van der Waals surface area contributed by atoms with Gasteiger partial charge in [-0.15, -0.1) is 0 Å². The van der Waals surface area contributed by atoms with E-state index in [9.17, 15) is 0 Å². The summed E-state index contributed by atoms with van der Waals surface area (Å²) in [6.07, 6.45) is 5.11. The summed E-state index contributed by atoms with van der Waals surface area (Å²) in [5, 5.41) is 3.14. The highest BCUT2D eigenvalue weighted by Crippen LogP contribution is 2.27. The quantitative estimate of drug-likeness (QED) is 0.828. The molecule has 2 atom stereocenters. The molecule has 3 heteroatoms. The van der Waals surface area contributed by atoms with E-state index in [1.807, 2.05) is 19.4 Å². The van der Waals surface area contributed by atoms with Gasteiger partial charge in [0, 0.05) is 20.1 Å². The van der Waals surface area contributed by atoms with Crippen LogP contribution in [0, 0.1) is 11.8 Å². The Balaban J connectivity index is 2.12. The first kappa shape index (κ1) is 11.2. The summed E-state index contributed by atoms with van der Waals surface area (Å²) in [5.41, 5.74) is 2.33. The molecule has 1 fully saturated rings. The molecule has 1 aliphatic heterocycles. The number of anilines is 2. The Morgan fingerprint density at radius 3 is 2.81 bits per heavy atom. The van der Waals surface area contributed by atoms with E-state index in [4.69, 9.17) is 0 Å².